The lowest BCUT2D eigenvalue weighted by Crippen LogP contribution is -2.14. The van der Waals surface area contributed by atoms with Gasteiger partial charge in [-0.15, -0.1) is 0 Å². The van der Waals surface area contributed by atoms with Gasteiger partial charge in [-0.25, -0.2) is 13.6 Å². The molecule has 0 saturated carbocycles. The predicted octanol–water partition coefficient (Wildman–Crippen LogP) is 1.84. The van der Waals surface area contributed by atoms with Gasteiger partial charge in [-0.1, -0.05) is 23.2 Å². The summed E-state index contributed by atoms with van der Waals surface area (Å²) in [5.74, 6) is -0.421. The van der Waals surface area contributed by atoms with E-state index in [9.17, 15) is 13.2 Å². The van der Waals surface area contributed by atoms with Crippen molar-refractivity contribution in [3.63, 3.8) is 0 Å². The predicted molar refractivity (Wildman–Crippen MR) is 57.8 cm³/mol. The Morgan fingerprint density at radius 2 is 1.87 bits per heavy atom. The largest absolute Gasteiger partial charge is 0.294 e. The van der Waals surface area contributed by atoms with E-state index in [0.29, 0.717) is 0 Å². The van der Waals surface area contributed by atoms with E-state index >= 15 is 0 Å². The molecule has 0 aliphatic carbocycles. The van der Waals surface area contributed by atoms with Crippen LogP contribution < -0.4 is 5.14 Å². The summed E-state index contributed by atoms with van der Waals surface area (Å²) in [5, 5.41) is 4.77. The highest BCUT2D eigenvalue weighted by Crippen LogP contribution is 2.30. The summed E-state index contributed by atoms with van der Waals surface area (Å²) in [6, 6.07) is 2.43. The standard InChI is InChI=1S/C8H7Cl2NO3S/c1-4(12)7-5(9)2-3-6(8(7)10)15(11,13)14/h2-3H,1H3,(H2,11,13,14). The van der Waals surface area contributed by atoms with Gasteiger partial charge < -0.3 is 0 Å². The molecular formula is C8H7Cl2NO3S. The number of Topliss-reactive ketones (excluding diaryl/α,β-unsaturated/α-hetero) is 1. The minimum absolute atomic E-state index is 0.0372. The number of rotatable bonds is 2. The molecule has 0 spiro atoms. The van der Waals surface area contributed by atoms with E-state index in [1.54, 1.807) is 0 Å². The highest BCUT2D eigenvalue weighted by Gasteiger charge is 2.20. The lowest BCUT2D eigenvalue weighted by atomic mass is 10.1. The Kier molecular flexibility index (Phi) is 3.40. The smallest absolute Gasteiger partial charge is 0.239 e. The van der Waals surface area contributed by atoms with Crippen molar-refractivity contribution in [2.45, 2.75) is 11.8 Å². The third-order valence-electron chi connectivity index (χ3n) is 1.71. The summed E-state index contributed by atoms with van der Waals surface area (Å²) in [6.45, 7) is 1.24. The minimum Gasteiger partial charge on any atom is -0.294 e. The van der Waals surface area contributed by atoms with Gasteiger partial charge in [0, 0.05) is 0 Å². The quantitative estimate of drug-likeness (QED) is 0.831. The number of benzene rings is 1. The molecule has 0 radical (unpaired) electrons. The average Bonchev–Trinajstić information content (AvgIpc) is 2.00. The normalized spacial score (nSPS) is 11.5. The van der Waals surface area contributed by atoms with Gasteiger partial charge in [0.1, 0.15) is 4.90 Å². The van der Waals surface area contributed by atoms with Crippen molar-refractivity contribution >= 4 is 39.0 Å². The number of halogens is 2. The third kappa shape index (κ3) is 2.49. The van der Waals surface area contributed by atoms with Crippen molar-refractivity contribution in [2.24, 2.45) is 5.14 Å². The van der Waals surface area contributed by atoms with E-state index in [2.05, 4.69) is 0 Å². The van der Waals surface area contributed by atoms with Gasteiger partial charge in [0.15, 0.2) is 5.78 Å². The first kappa shape index (κ1) is 12.4. The summed E-state index contributed by atoms with van der Waals surface area (Å²) >= 11 is 11.4. The van der Waals surface area contributed by atoms with Crippen LogP contribution in [-0.4, -0.2) is 14.2 Å². The summed E-state index contributed by atoms with van der Waals surface area (Å²) in [5.41, 5.74) is -0.0372. The van der Waals surface area contributed by atoms with Gasteiger partial charge in [-0.05, 0) is 19.1 Å². The Labute approximate surface area is 97.0 Å². The molecule has 0 unspecified atom stereocenters. The van der Waals surface area contributed by atoms with Crippen LogP contribution in [-0.2, 0) is 10.0 Å². The fourth-order valence-corrected chi connectivity index (χ4v) is 2.64. The molecular weight excluding hydrogens is 261 g/mol. The number of primary sulfonamides is 1. The van der Waals surface area contributed by atoms with Crippen LogP contribution in [0.1, 0.15) is 17.3 Å². The number of carbonyl (C=O) groups is 1. The maximum atomic E-state index is 11.2. The van der Waals surface area contributed by atoms with Crippen LogP contribution >= 0.6 is 23.2 Å². The second-order valence-electron chi connectivity index (χ2n) is 2.84. The molecule has 4 nitrogen and oxygen atoms in total. The van der Waals surface area contributed by atoms with Crippen LogP contribution in [0.3, 0.4) is 0 Å². The van der Waals surface area contributed by atoms with Crippen molar-refractivity contribution in [1.82, 2.24) is 0 Å². The van der Waals surface area contributed by atoms with Crippen LogP contribution in [0.25, 0.3) is 0 Å². The van der Waals surface area contributed by atoms with E-state index in [-0.39, 0.29) is 20.5 Å². The molecule has 1 aromatic carbocycles. The van der Waals surface area contributed by atoms with Gasteiger partial charge in [0.05, 0.1) is 15.6 Å². The van der Waals surface area contributed by atoms with E-state index in [0.717, 1.165) is 6.07 Å². The summed E-state index contributed by atoms with van der Waals surface area (Å²) in [6.07, 6.45) is 0. The van der Waals surface area contributed by atoms with E-state index in [1.165, 1.54) is 13.0 Å². The highest BCUT2D eigenvalue weighted by molar-refractivity contribution is 7.89. The minimum atomic E-state index is -3.95. The van der Waals surface area contributed by atoms with Gasteiger partial charge in [0.2, 0.25) is 10.0 Å². The third-order valence-corrected chi connectivity index (χ3v) is 3.49. The SMILES string of the molecule is CC(=O)c1c(Cl)ccc(S(N)(=O)=O)c1Cl. The number of hydrogen-bond acceptors (Lipinski definition) is 3. The van der Waals surface area contributed by atoms with E-state index < -0.39 is 15.8 Å². The van der Waals surface area contributed by atoms with Gasteiger partial charge in [-0.2, -0.15) is 0 Å². The number of hydrogen-bond donors (Lipinski definition) is 1. The maximum Gasteiger partial charge on any atom is 0.239 e. The maximum absolute atomic E-state index is 11.2. The molecule has 0 atom stereocenters. The van der Waals surface area contributed by atoms with Crippen molar-refractivity contribution in [2.75, 3.05) is 0 Å². The van der Waals surface area contributed by atoms with Crippen LogP contribution in [0.5, 0.6) is 0 Å². The van der Waals surface area contributed by atoms with Crippen LogP contribution in [0, 0.1) is 0 Å². The molecule has 0 amide bonds. The Morgan fingerprint density at radius 3 is 2.27 bits per heavy atom. The van der Waals surface area contributed by atoms with Crippen molar-refractivity contribution in [3.8, 4) is 0 Å². The summed E-state index contributed by atoms with van der Waals surface area (Å²) in [4.78, 5) is 10.9. The summed E-state index contributed by atoms with van der Waals surface area (Å²) in [7, 11) is -3.95. The molecule has 15 heavy (non-hydrogen) atoms. The number of sulfonamides is 1. The Balaban J connectivity index is 3.64. The lowest BCUT2D eigenvalue weighted by molar-refractivity contribution is 0.101. The monoisotopic (exact) mass is 267 g/mol. The molecule has 1 rings (SSSR count). The number of carbonyl (C=O) groups excluding carboxylic acids is 1. The fourth-order valence-electron chi connectivity index (χ4n) is 1.08. The van der Waals surface area contributed by atoms with E-state index in [4.69, 9.17) is 28.3 Å². The van der Waals surface area contributed by atoms with Crippen molar-refractivity contribution < 1.29 is 13.2 Å². The highest BCUT2D eigenvalue weighted by atomic mass is 35.5. The molecule has 0 saturated heterocycles. The molecule has 0 bridgehead atoms. The summed E-state index contributed by atoms with van der Waals surface area (Å²) < 4.78 is 22.2. The first-order valence-corrected chi connectivity index (χ1v) is 6.07. The molecule has 0 fully saturated rings. The Bertz CT molecular complexity index is 525. The van der Waals surface area contributed by atoms with Crippen molar-refractivity contribution in [3.05, 3.63) is 27.7 Å². The molecule has 7 heteroatoms. The number of nitrogens with two attached hydrogens (primary N) is 1. The molecule has 2 N–H and O–H groups in total. The number of ketones is 1. The first-order valence-electron chi connectivity index (χ1n) is 3.77. The van der Waals surface area contributed by atoms with E-state index in [1.807, 2.05) is 0 Å². The molecule has 1 aromatic rings. The lowest BCUT2D eigenvalue weighted by Gasteiger charge is -2.07. The van der Waals surface area contributed by atoms with Gasteiger partial charge >= 0.3 is 0 Å². The van der Waals surface area contributed by atoms with Gasteiger partial charge in [-0.3, -0.25) is 4.79 Å². The zero-order valence-electron chi connectivity index (χ0n) is 7.62. The average molecular weight is 268 g/mol. The molecule has 0 heterocycles. The Morgan fingerprint density at radius 1 is 1.33 bits per heavy atom. The zero-order chi connectivity index (χ0) is 11.8. The zero-order valence-corrected chi connectivity index (χ0v) is 9.95. The van der Waals surface area contributed by atoms with Crippen LogP contribution in [0.4, 0.5) is 0 Å². The molecule has 0 aliphatic rings. The second-order valence-corrected chi connectivity index (χ2v) is 5.15. The molecule has 0 aromatic heterocycles. The first-order chi connectivity index (χ1) is 6.75. The van der Waals surface area contributed by atoms with Crippen molar-refractivity contribution in [1.29, 1.82) is 0 Å². The fraction of sp³-hybridized carbons (Fsp3) is 0.125. The topological polar surface area (TPSA) is 77.2 Å². The second kappa shape index (κ2) is 4.09. The van der Waals surface area contributed by atoms with Crippen LogP contribution in [0.2, 0.25) is 10.0 Å². The molecule has 0 aliphatic heterocycles. The Hall–Kier alpha value is -0.620. The molecule has 82 valence electrons. The van der Waals surface area contributed by atoms with Crippen LogP contribution in [0.15, 0.2) is 17.0 Å². The van der Waals surface area contributed by atoms with Gasteiger partial charge in [0.25, 0.3) is 0 Å².